The van der Waals surface area contributed by atoms with Crippen molar-refractivity contribution in [1.82, 2.24) is 51.8 Å². The molecule has 15 fully saturated rings. The number of carbonyl (C=O) groups excluding carboxylic acids is 9. The summed E-state index contributed by atoms with van der Waals surface area (Å²) in [5.74, 6) is -8.50. The van der Waals surface area contributed by atoms with E-state index in [2.05, 4.69) is 76.1 Å². The van der Waals surface area contributed by atoms with Crippen LogP contribution in [0.15, 0.2) is 24.8 Å². The van der Waals surface area contributed by atoms with Crippen molar-refractivity contribution < 1.29 is 115 Å². The second kappa shape index (κ2) is 37.6. The van der Waals surface area contributed by atoms with Gasteiger partial charge in [-0.2, -0.15) is 0 Å². The highest BCUT2D eigenvalue weighted by Crippen LogP contribution is 2.65. The minimum atomic E-state index is -1.03. The van der Waals surface area contributed by atoms with Crippen molar-refractivity contribution in [2.24, 2.45) is 71.0 Å². The zero-order chi connectivity index (χ0) is 92.7. The molecular weight excluding hydrogens is 1690 g/mol. The van der Waals surface area contributed by atoms with Gasteiger partial charge in [0.15, 0.2) is 35.7 Å². The Kier molecular flexibility index (Phi) is 27.0. The van der Waals surface area contributed by atoms with Crippen molar-refractivity contribution in [3.05, 3.63) is 75.4 Å². The Balaban J connectivity index is 0.587. The van der Waals surface area contributed by atoms with E-state index in [0.717, 1.165) is 102 Å². The number of ether oxygens (including phenoxy) is 9. The number of carbonyl (C=O) groups is 9. The van der Waals surface area contributed by atoms with Gasteiger partial charge in [0, 0.05) is 170 Å². The molecule has 3 spiro atoms. The first kappa shape index (κ1) is 94.1. The van der Waals surface area contributed by atoms with E-state index in [4.69, 9.17) is 81.9 Å². The highest BCUT2D eigenvalue weighted by molar-refractivity contribution is 6.27. The maximum atomic E-state index is 15.5. The van der Waals surface area contributed by atoms with E-state index < -0.39 is 138 Å². The van der Waals surface area contributed by atoms with Gasteiger partial charge < -0.3 is 84.5 Å². The van der Waals surface area contributed by atoms with Crippen molar-refractivity contribution in [3.63, 3.8) is 0 Å². The third-order valence-electron chi connectivity index (χ3n) is 32.0. The average molecular weight is 1820 g/mol. The lowest BCUT2D eigenvalue weighted by Crippen LogP contribution is -2.70. The molecule has 6 amide bonds. The van der Waals surface area contributed by atoms with E-state index in [1.54, 1.807) is 13.0 Å². The molecule has 17 heterocycles. The third-order valence-corrected chi connectivity index (χ3v) is 32.0. The Morgan fingerprint density at radius 2 is 0.863 bits per heavy atom. The highest BCUT2D eigenvalue weighted by Gasteiger charge is 2.73. The van der Waals surface area contributed by atoms with Gasteiger partial charge in [-0.05, 0) is 188 Å². The number of nitrogens with zero attached hydrogens (tertiary/aromatic N) is 2. The Hall–Kier alpha value is -8.65. The second-order valence-electron chi connectivity index (χ2n) is 40.2. The number of hydrogen-bond acceptors (Lipinski definition) is 26. The van der Waals surface area contributed by atoms with E-state index in [1.165, 1.54) is 0 Å². The zero-order valence-electron chi connectivity index (χ0n) is 78.1. The molecule has 14 aliphatic heterocycles. The molecule has 3 aromatic heterocycles. The molecule has 12 saturated heterocycles. The molecule has 3 aromatic rings. The monoisotopic (exact) mass is 1820 g/mol. The van der Waals surface area contributed by atoms with Crippen LogP contribution in [-0.4, -0.2) is 184 Å². The Labute approximate surface area is 763 Å². The van der Waals surface area contributed by atoms with Crippen molar-refractivity contribution >= 4 is 92.6 Å². The lowest BCUT2D eigenvalue weighted by atomic mass is 9.58. The van der Waals surface area contributed by atoms with Gasteiger partial charge in [-0.3, -0.25) is 48.1 Å². The summed E-state index contributed by atoms with van der Waals surface area (Å²) < 4.78 is 56.8. The van der Waals surface area contributed by atoms with Gasteiger partial charge >= 0.3 is 17.9 Å². The van der Waals surface area contributed by atoms with Crippen LogP contribution in [0.4, 0.5) is 0 Å². The number of fused-ring (bicyclic) bond motifs is 14. The molecule has 34 heteroatoms. The number of amides is 6. The Morgan fingerprint density at radius 1 is 0.458 bits per heavy atom. The number of H-pyrrole nitrogens is 2. The lowest BCUT2D eigenvalue weighted by Gasteiger charge is -2.59. The molecular formula is C97H132N10O24. The maximum absolute atomic E-state index is 15.5. The summed E-state index contributed by atoms with van der Waals surface area (Å²) in [5.41, 5.74) is 6.61. The van der Waals surface area contributed by atoms with Gasteiger partial charge in [0.25, 0.3) is 5.91 Å². The molecule has 0 aromatic carbocycles. The lowest BCUT2D eigenvalue weighted by molar-refractivity contribution is -0.576. The molecule has 3 aliphatic carbocycles. The SMILES string of the molecule is C=Cc1c(C)c2cc3nc(c(CC(=O)NCCNC(=O)CCC(=O)O[C@@H]4O[C@@H]5O[C@@]6(C)CC[C@H]7[C@H](C)CC[C@@H]([C@H]4C)[C@@]57OO6)c4nc(cc5[nH]c(cc1[nH]2)c(C)c5CC)C(C)=C4C(=O)NCCNC(=O)CCC(=O)O[C@@H]1O[C@@H]2O[C@@]4(C)CC[C@H]5[C@H](C)CC[C@@H]([C@H]1C)[C@@]25OO4)[C@@H](CCC(=O)NCCNC(=O)CCC(=O)O[C@@H]1O[C@@H]2O[C@@]4(C)CC[C@H]5[C@H](C)CC[C@@H]([C@H]1C)[C@@]25OO4)[C@@H]3C. The predicted octanol–water partition coefficient (Wildman–Crippen LogP) is 11.6. The largest absolute Gasteiger partial charge is 0.435 e. The first-order valence-electron chi connectivity index (χ1n) is 48.0. The van der Waals surface area contributed by atoms with E-state index in [-0.39, 0.29) is 167 Å². The van der Waals surface area contributed by atoms with Crippen LogP contribution < -0.4 is 31.9 Å². The van der Waals surface area contributed by atoms with Gasteiger partial charge in [-0.1, -0.05) is 68.0 Å². The summed E-state index contributed by atoms with van der Waals surface area (Å²) >= 11 is 0. The molecule has 14 bridgehead atoms. The fraction of sp³-hybridized carbons (Fsp3) is 0.701. The minimum Gasteiger partial charge on any atom is -0.435 e. The molecule has 17 aliphatic rings. The molecule has 714 valence electrons. The number of nitrogens with one attached hydrogen (secondary N) is 8. The fourth-order valence-corrected chi connectivity index (χ4v) is 24.5. The fourth-order valence-electron chi connectivity index (χ4n) is 24.5. The topological polar surface area (TPSA) is 422 Å². The summed E-state index contributed by atoms with van der Waals surface area (Å²) in [5, 5.41) is 17.4. The van der Waals surface area contributed by atoms with Crippen LogP contribution in [0.5, 0.6) is 0 Å². The standard InChI is InChI=1S/C97H132N10O24/c1-16-58-51(6)68-45-70-53(8)60(21-25-74(108)98-38-39-99-75(109)26-29-79(113)117-86-54(9)65-22-18-48(3)62-32-35-92(13)123-89(120-86)95(62,65)129-126-92)83(106-70)61(44-78(112)102-41-40-100-76(110)27-30-80(114)118-87-55(10)66-23-19-49(4)63-33-36-93(14)124-90(121-87)96(63,66)130-127-93)84-82(57(12)71(107-84)47-73-59(17-2)52(7)69(105-73)46-72(58)104-68)85(116)103-43-42-101-77(111)28-31-81(115)119-88-56(11)67-24-20-50(5)64-34-37-94(15)125-91(122-88)97(64,67)131-128-94/h16,45-50,53-56,60,62-67,86-91,104-105H,1,17-44H2,2-15H3,(H,98,108)(H,99,109)(H,100,110)(H,101,111)(H,102,112)(H,103,116)/t48-,49-,50-,53+,54-,55-,56-,60+,62+,63+,64+,65+,66+,67+,86-,87-,88-,89-,90-,91-,92-,93-,94-,95-,96-,97-/m1/s1. The van der Waals surface area contributed by atoms with Gasteiger partial charge in [-0.25, -0.2) is 34.3 Å². The molecule has 3 saturated carbocycles. The first-order valence-corrected chi connectivity index (χ1v) is 48.0. The normalized spacial score (nSPS) is 36.2. The third kappa shape index (κ3) is 17.8. The number of rotatable bonds is 29. The van der Waals surface area contributed by atoms with Crippen LogP contribution >= 0.6 is 0 Å². The second-order valence-corrected chi connectivity index (χ2v) is 40.2. The van der Waals surface area contributed by atoms with E-state index in [9.17, 15) is 33.6 Å². The number of hydrogen-bond donors (Lipinski definition) is 8. The Bertz CT molecular complexity index is 5170. The summed E-state index contributed by atoms with van der Waals surface area (Å²) in [7, 11) is 0. The molecule has 0 radical (unpaired) electrons. The van der Waals surface area contributed by atoms with Gasteiger partial charge in [0.05, 0.1) is 48.3 Å². The van der Waals surface area contributed by atoms with Crippen molar-refractivity contribution in [3.8, 4) is 0 Å². The van der Waals surface area contributed by atoms with Crippen LogP contribution in [0.2, 0.25) is 0 Å². The number of aromatic nitrogens is 4. The van der Waals surface area contributed by atoms with Crippen LogP contribution in [0.3, 0.4) is 0 Å². The summed E-state index contributed by atoms with van der Waals surface area (Å²) in [6.07, 6.45) is 5.11. The van der Waals surface area contributed by atoms with Gasteiger partial charge in [0.2, 0.25) is 65.8 Å². The van der Waals surface area contributed by atoms with Crippen LogP contribution in [0.1, 0.15) is 274 Å². The Morgan fingerprint density at radius 3 is 1.29 bits per heavy atom. The van der Waals surface area contributed by atoms with E-state index in [1.807, 2.05) is 80.5 Å². The highest BCUT2D eigenvalue weighted by atomic mass is 17.3. The number of allylic oxidation sites excluding steroid dienone is 1. The maximum Gasteiger partial charge on any atom is 0.308 e. The molecule has 8 N–H and O–H groups in total. The summed E-state index contributed by atoms with van der Waals surface area (Å²) in [6.45, 7) is 32.0. The smallest absolute Gasteiger partial charge is 0.308 e. The van der Waals surface area contributed by atoms with E-state index in [0.29, 0.717) is 66.1 Å². The predicted molar refractivity (Wildman–Crippen MR) is 471 cm³/mol. The summed E-state index contributed by atoms with van der Waals surface area (Å²) in [4.78, 5) is 181. The van der Waals surface area contributed by atoms with Gasteiger partial charge in [-0.15, -0.1) is 0 Å². The summed E-state index contributed by atoms with van der Waals surface area (Å²) in [6, 6.07) is 5.89. The zero-order valence-corrected chi connectivity index (χ0v) is 78.1. The number of aromatic amines is 2. The molecule has 20 rings (SSSR count). The first-order chi connectivity index (χ1) is 62.6. The van der Waals surface area contributed by atoms with Crippen molar-refractivity contribution in [1.29, 1.82) is 0 Å². The number of aryl methyl sites for hydroxylation is 3. The van der Waals surface area contributed by atoms with Crippen LogP contribution in [-0.2, 0) is 128 Å². The molecule has 34 nitrogen and oxygen atoms in total. The molecule has 26 atom stereocenters. The quantitative estimate of drug-likeness (QED) is 0.0138. The van der Waals surface area contributed by atoms with Crippen molar-refractivity contribution in [2.75, 3.05) is 39.3 Å². The van der Waals surface area contributed by atoms with Crippen molar-refractivity contribution in [2.45, 2.75) is 322 Å². The van der Waals surface area contributed by atoms with Crippen LogP contribution in [0.25, 0.3) is 39.3 Å². The van der Waals surface area contributed by atoms with E-state index >= 15 is 9.59 Å². The van der Waals surface area contributed by atoms with Crippen LogP contribution in [0, 0.1) is 84.9 Å². The molecule has 131 heavy (non-hydrogen) atoms. The van der Waals surface area contributed by atoms with Gasteiger partial charge in [0.1, 0.15) is 0 Å². The molecule has 0 unspecified atom stereocenters. The minimum absolute atomic E-state index is 0.0397. The number of esters is 3. The average Bonchev–Trinajstić information content (AvgIpc) is 1.68.